The number of allylic oxidation sites excluding steroid dienone is 2. The first-order valence-corrected chi connectivity index (χ1v) is 16.8. The van der Waals surface area contributed by atoms with E-state index in [-0.39, 0.29) is 0 Å². The van der Waals surface area contributed by atoms with E-state index in [1.54, 1.807) is 0 Å². The van der Waals surface area contributed by atoms with Crippen LogP contribution in [0.4, 0.5) is 11.4 Å². The van der Waals surface area contributed by atoms with E-state index in [1.165, 1.54) is 33.6 Å². The van der Waals surface area contributed by atoms with Gasteiger partial charge in [-0.2, -0.15) is 0 Å². The zero-order chi connectivity index (χ0) is 24.9. The van der Waals surface area contributed by atoms with Crippen LogP contribution in [-0.4, -0.2) is 20.4 Å². The molecule has 2 rings (SSSR count). The van der Waals surface area contributed by atoms with Gasteiger partial charge in [0.15, 0.2) is 0 Å². The van der Waals surface area contributed by atoms with Gasteiger partial charge < -0.3 is 0 Å². The molecular formula is C29H42GeN2P. The summed E-state index contributed by atoms with van der Waals surface area (Å²) in [6.45, 7) is 22.5. The van der Waals surface area contributed by atoms with Crippen LogP contribution in [-0.2, 0) is 0 Å². The van der Waals surface area contributed by atoms with Gasteiger partial charge in [0, 0.05) is 0 Å². The molecule has 0 bridgehead atoms. The monoisotopic (exact) mass is 523 g/mol. The zero-order valence-electron chi connectivity index (χ0n) is 22.2. The van der Waals surface area contributed by atoms with E-state index in [9.17, 15) is 0 Å². The van der Waals surface area contributed by atoms with Gasteiger partial charge in [-0.3, -0.25) is 0 Å². The molecule has 0 fully saturated rings. The van der Waals surface area contributed by atoms with Crippen molar-refractivity contribution in [1.82, 2.24) is 0 Å². The Balaban J connectivity index is 2.62. The van der Waals surface area contributed by atoms with Crippen molar-refractivity contribution in [3.63, 3.8) is 0 Å². The van der Waals surface area contributed by atoms with E-state index in [0.717, 1.165) is 11.4 Å². The topological polar surface area (TPSA) is 15.6 Å². The van der Waals surface area contributed by atoms with Gasteiger partial charge in [-0.15, -0.1) is 0 Å². The normalized spacial score (nSPS) is 12.9. The Hall–Kier alpha value is -1.51. The summed E-state index contributed by atoms with van der Waals surface area (Å²) >= 11 is -0.524. The SMILES string of the molecule is CC(/C=C(/C)[N]([Ge]=[PH])c1c(C(C)C)cccc1C(C)C)=Nc1c(C(C)C)cccc1C(C)C. The second kappa shape index (κ2) is 12.3. The van der Waals surface area contributed by atoms with Gasteiger partial charge in [0.2, 0.25) is 0 Å². The fraction of sp³-hybridized carbons (Fsp3) is 0.483. The molecule has 0 spiro atoms. The molecule has 2 nitrogen and oxygen atoms in total. The first-order chi connectivity index (χ1) is 15.5. The van der Waals surface area contributed by atoms with Gasteiger partial charge in [-0.1, -0.05) is 0 Å². The van der Waals surface area contributed by atoms with Crippen LogP contribution in [0.5, 0.6) is 0 Å². The van der Waals surface area contributed by atoms with Crippen molar-refractivity contribution in [3.8, 4) is 0 Å². The van der Waals surface area contributed by atoms with E-state index in [4.69, 9.17) is 4.99 Å². The number of para-hydroxylation sites is 2. The number of nitrogens with zero attached hydrogens (tertiary/aromatic N) is 2. The van der Waals surface area contributed by atoms with Crippen LogP contribution in [0.2, 0.25) is 0 Å². The summed E-state index contributed by atoms with van der Waals surface area (Å²) in [5.74, 6) is 1.83. The number of anilines is 1. The van der Waals surface area contributed by atoms with Gasteiger partial charge in [-0.25, -0.2) is 0 Å². The molecule has 0 heterocycles. The van der Waals surface area contributed by atoms with Crippen molar-refractivity contribution in [2.24, 2.45) is 4.99 Å². The molecule has 33 heavy (non-hydrogen) atoms. The molecule has 0 N–H and O–H groups in total. The fourth-order valence-electron chi connectivity index (χ4n) is 4.31. The predicted octanol–water partition coefficient (Wildman–Crippen LogP) is 9.36. The number of hydrogen-bond donors (Lipinski definition) is 0. The van der Waals surface area contributed by atoms with Gasteiger partial charge in [0.05, 0.1) is 0 Å². The molecule has 0 atom stereocenters. The Morgan fingerprint density at radius 1 is 0.758 bits per heavy atom. The summed E-state index contributed by atoms with van der Waals surface area (Å²) < 4.78 is 2.51. The Bertz CT molecular complexity index is 979. The number of hydrogen-bond acceptors (Lipinski definition) is 1. The first kappa shape index (κ1) is 27.7. The molecule has 0 unspecified atom stereocenters. The average Bonchev–Trinajstić information content (AvgIpc) is 2.73. The second-order valence-corrected chi connectivity index (χ2v) is 12.7. The molecule has 0 aliphatic rings. The molecule has 2 aromatic carbocycles. The fourth-order valence-corrected chi connectivity index (χ4v) is 7.09. The Morgan fingerprint density at radius 3 is 1.52 bits per heavy atom. The first-order valence-electron chi connectivity index (χ1n) is 12.2. The standard InChI is InChI=1S/C29H42GeN2P/c1-18(2)24-13-11-14-25(19(3)4)28(24)31-22(9)17-23(10)32(30-33)29-26(20(5)6)15-12-16-27(29)21(7)8/h11-21,33H,1-10H3/b23-17-,31-22?. The minimum absolute atomic E-state index is 0.442. The molecule has 0 saturated carbocycles. The molecule has 1 radical (unpaired) electrons. The maximum absolute atomic E-state index is 5.18. The molecule has 0 amide bonds. The summed E-state index contributed by atoms with van der Waals surface area (Å²) in [5, 5.41) is 0. The third kappa shape index (κ3) is 6.76. The van der Waals surface area contributed by atoms with Crippen LogP contribution < -0.4 is 3.86 Å². The summed E-state index contributed by atoms with van der Waals surface area (Å²) in [7, 11) is 3.97. The van der Waals surface area contributed by atoms with Gasteiger partial charge in [0.1, 0.15) is 0 Å². The molecule has 2 aromatic rings. The average molecular weight is 522 g/mol. The van der Waals surface area contributed by atoms with Gasteiger partial charge >= 0.3 is 211 Å². The quantitative estimate of drug-likeness (QED) is 0.182. The van der Waals surface area contributed by atoms with Crippen LogP contribution >= 0.6 is 7.41 Å². The maximum atomic E-state index is 5.18. The Morgan fingerprint density at radius 2 is 1.15 bits per heavy atom. The number of benzene rings is 2. The van der Waals surface area contributed by atoms with E-state index < -0.39 is 14.7 Å². The van der Waals surface area contributed by atoms with Crippen molar-refractivity contribution < 1.29 is 0 Å². The van der Waals surface area contributed by atoms with E-state index in [1.807, 2.05) is 0 Å². The molecule has 4 heteroatoms. The summed E-state index contributed by atoms with van der Waals surface area (Å²) in [6, 6.07) is 13.4. The number of rotatable bonds is 9. The van der Waals surface area contributed by atoms with Crippen LogP contribution in [0.1, 0.15) is 115 Å². The molecular weight excluding hydrogens is 480 g/mol. The van der Waals surface area contributed by atoms with Crippen LogP contribution in [0, 0.1) is 0 Å². The predicted molar refractivity (Wildman–Crippen MR) is 152 cm³/mol. The summed E-state index contributed by atoms with van der Waals surface area (Å²) in [4.78, 5) is 5.18. The Labute approximate surface area is 210 Å². The van der Waals surface area contributed by atoms with Crippen molar-refractivity contribution in [1.29, 1.82) is 0 Å². The molecule has 0 aromatic heterocycles. The summed E-state index contributed by atoms with van der Waals surface area (Å²) in [5.41, 5.74) is 10.3. The molecule has 177 valence electrons. The molecule has 0 saturated heterocycles. The van der Waals surface area contributed by atoms with E-state index in [2.05, 4.69) is 123 Å². The summed E-state index contributed by atoms with van der Waals surface area (Å²) in [6.07, 6.45) is 2.26. The minimum atomic E-state index is -0.524. The molecule has 0 aliphatic heterocycles. The van der Waals surface area contributed by atoms with E-state index >= 15 is 0 Å². The Kier molecular flexibility index (Phi) is 10.3. The van der Waals surface area contributed by atoms with Crippen LogP contribution in [0.15, 0.2) is 53.2 Å². The van der Waals surface area contributed by atoms with Gasteiger partial charge in [-0.05, 0) is 0 Å². The van der Waals surface area contributed by atoms with Crippen molar-refractivity contribution in [2.75, 3.05) is 3.86 Å². The van der Waals surface area contributed by atoms with Crippen LogP contribution in [0.25, 0.3) is 0 Å². The third-order valence-corrected chi connectivity index (χ3v) is 8.92. The van der Waals surface area contributed by atoms with Crippen molar-refractivity contribution >= 4 is 39.2 Å². The van der Waals surface area contributed by atoms with Gasteiger partial charge in [0.25, 0.3) is 0 Å². The van der Waals surface area contributed by atoms with Crippen molar-refractivity contribution in [2.45, 2.75) is 92.9 Å². The third-order valence-electron chi connectivity index (χ3n) is 6.08. The second-order valence-electron chi connectivity index (χ2n) is 10.2. The molecule has 0 aliphatic carbocycles. The van der Waals surface area contributed by atoms with Crippen molar-refractivity contribution in [3.05, 3.63) is 70.4 Å². The van der Waals surface area contributed by atoms with Crippen LogP contribution in [0.3, 0.4) is 0 Å². The number of aliphatic imine (C=N–C) groups is 1. The van der Waals surface area contributed by atoms with E-state index in [0.29, 0.717) is 23.7 Å². The zero-order valence-corrected chi connectivity index (χ0v) is 25.3.